The Bertz CT molecular complexity index is 433. The Morgan fingerprint density at radius 1 is 1.44 bits per heavy atom. The molecule has 4 heteroatoms. The van der Waals surface area contributed by atoms with Crippen LogP contribution in [0.2, 0.25) is 0 Å². The summed E-state index contributed by atoms with van der Waals surface area (Å²) < 4.78 is 0. The number of likely N-dealkylation sites (tertiary alicyclic amines) is 1. The fourth-order valence-corrected chi connectivity index (χ4v) is 2.77. The molecule has 0 aromatic heterocycles. The van der Waals surface area contributed by atoms with E-state index in [0.29, 0.717) is 25.0 Å². The fraction of sp³-hybridized carbons (Fsp3) is 0.417. The van der Waals surface area contributed by atoms with Gasteiger partial charge in [-0.2, -0.15) is 0 Å². The van der Waals surface area contributed by atoms with Gasteiger partial charge in [-0.1, -0.05) is 18.2 Å². The van der Waals surface area contributed by atoms with Crippen LogP contribution < -0.4 is 5.32 Å². The van der Waals surface area contributed by atoms with E-state index in [1.54, 1.807) is 0 Å². The van der Waals surface area contributed by atoms with E-state index >= 15 is 0 Å². The average Bonchev–Trinajstić information content (AvgIpc) is 2.66. The molecule has 0 radical (unpaired) electrons. The first-order chi connectivity index (χ1) is 7.75. The van der Waals surface area contributed by atoms with Gasteiger partial charge in [0.25, 0.3) is 0 Å². The smallest absolute Gasteiger partial charge is 0.407 e. The molecule has 3 rings (SSSR count). The quantitative estimate of drug-likeness (QED) is 0.699. The molecule has 4 nitrogen and oxygen atoms in total. The standard InChI is InChI=1S/C12H14N2O2/c15-12(16)14-6-5-11-9(7-14)8-3-1-2-4-10(8)13-11/h1-4,9,11,13H,5-7H2,(H,15,16). The highest BCUT2D eigenvalue weighted by Gasteiger charge is 2.37. The highest BCUT2D eigenvalue weighted by molar-refractivity contribution is 5.67. The molecular formula is C12H14N2O2. The van der Waals surface area contributed by atoms with Gasteiger partial charge >= 0.3 is 6.09 Å². The minimum Gasteiger partial charge on any atom is -0.465 e. The third kappa shape index (κ3) is 1.33. The van der Waals surface area contributed by atoms with Crippen LogP contribution in [0.25, 0.3) is 0 Å². The predicted octanol–water partition coefficient (Wildman–Crippen LogP) is 1.95. The lowest BCUT2D eigenvalue weighted by Crippen LogP contribution is -2.44. The molecule has 1 amide bonds. The van der Waals surface area contributed by atoms with E-state index < -0.39 is 6.09 Å². The summed E-state index contributed by atoms with van der Waals surface area (Å²) in [6, 6.07) is 8.60. The number of amides is 1. The van der Waals surface area contributed by atoms with Crippen LogP contribution in [0, 0.1) is 0 Å². The second kappa shape index (κ2) is 3.40. The van der Waals surface area contributed by atoms with E-state index in [1.807, 2.05) is 12.1 Å². The molecule has 0 aliphatic carbocycles. The summed E-state index contributed by atoms with van der Waals surface area (Å²) in [5.74, 6) is 0.320. The number of hydrogen-bond acceptors (Lipinski definition) is 2. The lowest BCUT2D eigenvalue weighted by atomic mass is 9.90. The number of para-hydroxylation sites is 1. The Hall–Kier alpha value is -1.71. The highest BCUT2D eigenvalue weighted by Crippen LogP contribution is 2.39. The molecule has 1 aromatic rings. The molecule has 16 heavy (non-hydrogen) atoms. The molecular weight excluding hydrogens is 204 g/mol. The first-order valence-electron chi connectivity index (χ1n) is 5.59. The Balaban J connectivity index is 1.89. The van der Waals surface area contributed by atoms with E-state index in [-0.39, 0.29) is 0 Å². The molecule has 1 saturated heterocycles. The van der Waals surface area contributed by atoms with E-state index in [2.05, 4.69) is 17.4 Å². The molecule has 2 aliphatic heterocycles. The zero-order valence-electron chi connectivity index (χ0n) is 8.89. The second-order valence-electron chi connectivity index (χ2n) is 4.46. The summed E-state index contributed by atoms with van der Waals surface area (Å²) in [6.45, 7) is 1.25. The van der Waals surface area contributed by atoms with Crippen LogP contribution in [0.4, 0.5) is 10.5 Å². The number of benzene rings is 1. The van der Waals surface area contributed by atoms with E-state index in [4.69, 9.17) is 5.11 Å². The number of nitrogens with zero attached hydrogens (tertiary/aromatic N) is 1. The number of piperidine rings is 1. The number of fused-ring (bicyclic) bond motifs is 3. The van der Waals surface area contributed by atoms with Crippen molar-refractivity contribution in [2.75, 3.05) is 18.4 Å². The van der Waals surface area contributed by atoms with E-state index in [9.17, 15) is 4.79 Å². The van der Waals surface area contributed by atoms with Crippen molar-refractivity contribution in [1.82, 2.24) is 4.90 Å². The maximum absolute atomic E-state index is 11.0. The molecule has 2 atom stereocenters. The van der Waals surface area contributed by atoms with Crippen molar-refractivity contribution in [3.63, 3.8) is 0 Å². The van der Waals surface area contributed by atoms with Gasteiger partial charge in [0.1, 0.15) is 0 Å². The molecule has 2 N–H and O–H groups in total. The molecule has 2 aliphatic rings. The van der Waals surface area contributed by atoms with Crippen LogP contribution in [0.1, 0.15) is 17.9 Å². The van der Waals surface area contributed by atoms with Gasteiger partial charge in [0.2, 0.25) is 0 Å². The minimum atomic E-state index is -0.803. The number of rotatable bonds is 0. The van der Waals surface area contributed by atoms with Gasteiger partial charge in [0.15, 0.2) is 0 Å². The maximum Gasteiger partial charge on any atom is 0.407 e. The number of carboxylic acid groups (broad SMARTS) is 1. The maximum atomic E-state index is 11.0. The summed E-state index contributed by atoms with van der Waals surface area (Å²) in [4.78, 5) is 12.5. The zero-order valence-corrected chi connectivity index (χ0v) is 8.89. The number of anilines is 1. The predicted molar refractivity (Wildman–Crippen MR) is 60.8 cm³/mol. The van der Waals surface area contributed by atoms with Crippen LogP contribution >= 0.6 is 0 Å². The molecule has 2 heterocycles. The monoisotopic (exact) mass is 218 g/mol. The van der Waals surface area contributed by atoms with Gasteiger partial charge in [0.05, 0.1) is 0 Å². The van der Waals surface area contributed by atoms with Crippen molar-refractivity contribution in [3.05, 3.63) is 29.8 Å². The van der Waals surface area contributed by atoms with Crippen LogP contribution in [0.3, 0.4) is 0 Å². The normalized spacial score (nSPS) is 26.9. The Labute approximate surface area is 93.9 Å². The fourth-order valence-electron chi connectivity index (χ4n) is 2.77. The second-order valence-corrected chi connectivity index (χ2v) is 4.46. The Kier molecular flexibility index (Phi) is 2.02. The van der Waals surface area contributed by atoms with Gasteiger partial charge < -0.3 is 15.3 Å². The third-order valence-electron chi connectivity index (χ3n) is 3.58. The van der Waals surface area contributed by atoms with Crippen molar-refractivity contribution >= 4 is 11.8 Å². The molecule has 1 fully saturated rings. The summed E-state index contributed by atoms with van der Waals surface area (Å²) in [5, 5.41) is 12.5. The van der Waals surface area contributed by atoms with Gasteiger partial charge in [-0.25, -0.2) is 4.79 Å². The largest absolute Gasteiger partial charge is 0.465 e. The van der Waals surface area contributed by atoms with Gasteiger partial charge in [-0.15, -0.1) is 0 Å². The van der Waals surface area contributed by atoms with Crippen molar-refractivity contribution in [3.8, 4) is 0 Å². The Morgan fingerprint density at radius 2 is 2.25 bits per heavy atom. The van der Waals surface area contributed by atoms with Crippen molar-refractivity contribution in [1.29, 1.82) is 0 Å². The lowest BCUT2D eigenvalue weighted by Gasteiger charge is -2.33. The number of hydrogen-bond donors (Lipinski definition) is 2. The van der Waals surface area contributed by atoms with Crippen LogP contribution in [0.15, 0.2) is 24.3 Å². The van der Waals surface area contributed by atoms with Gasteiger partial charge in [-0.05, 0) is 18.1 Å². The van der Waals surface area contributed by atoms with Crippen molar-refractivity contribution in [2.24, 2.45) is 0 Å². The summed E-state index contributed by atoms with van der Waals surface area (Å²) in [5.41, 5.74) is 2.43. The SMILES string of the molecule is O=C(O)N1CCC2Nc3ccccc3C2C1. The third-order valence-corrected chi connectivity index (χ3v) is 3.58. The Morgan fingerprint density at radius 3 is 3.06 bits per heavy atom. The van der Waals surface area contributed by atoms with Crippen LogP contribution in [-0.4, -0.2) is 35.2 Å². The first-order valence-corrected chi connectivity index (χ1v) is 5.59. The van der Waals surface area contributed by atoms with Crippen LogP contribution in [-0.2, 0) is 0 Å². The van der Waals surface area contributed by atoms with E-state index in [0.717, 1.165) is 6.42 Å². The summed E-state index contributed by atoms with van der Waals surface area (Å²) >= 11 is 0. The van der Waals surface area contributed by atoms with Gasteiger partial charge in [0, 0.05) is 30.7 Å². The number of nitrogens with one attached hydrogen (secondary N) is 1. The van der Waals surface area contributed by atoms with Gasteiger partial charge in [-0.3, -0.25) is 0 Å². The van der Waals surface area contributed by atoms with Crippen molar-refractivity contribution < 1.29 is 9.90 Å². The molecule has 0 bridgehead atoms. The molecule has 0 saturated carbocycles. The average molecular weight is 218 g/mol. The zero-order chi connectivity index (χ0) is 11.1. The summed E-state index contributed by atoms with van der Waals surface area (Å²) in [7, 11) is 0. The highest BCUT2D eigenvalue weighted by atomic mass is 16.4. The molecule has 1 aromatic carbocycles. The first kappa shape index (κ1) is 9.51. The minimum absolute atomic E-state index is 0.320. The summed E-state index contributed by atoms with van der Waals surface area (Å²) in [6.07, 6.45) is 0.0916. The molecule has 0 spiro atoms. The number of carbonyl (C=O) groups is 1. The lowest BCUT2D eigenvalue weighted by molar-refractivity contribution is 0.129. The van der Waals surface area contributed by atoms with Crippen molar-refractivity contribution in [2.45, 2.75) is 18.4 Å². The molecule has 84 valence electrons. The molecule has 2 unspecified atom stereocenters. The van der Waals surface area contributed by atoms with E-state index in [1.165, 1.54) is 16.2 Å². The topological polar surface area (TPSA) is 52.6 Å². The van der Waals surface area contributed by atoms with Crippen LogP contribution in [0.5, 0.6) is 0 Å².